The normalized spacial score (nSPS) is 10.5. The topological polar surface area (TPSA) is 57.8 Å². The van der Waals surface area contributed by atoms with Crippen molar-refractivity contribution < 1.29 is 4.79 Å². The maximum Gasteiger partial charge on any atom is 0.255 e. The molecule has 0 bridgehead atoms. The van der Waals surface area contributed by atoms with E-state index in [2.05, 4.69) is 31.4 Å². The minimum atomic E-state index is -0.177. The van der Waals surface area contributed by atoms with Gasteiger partial charge in [-0.2, -0.15) is 5.10 Å². The van der Waals surface area contributed by atoms with Gasteiger partial charge in [-0.15, -0.1) is 0 Å². The third-order valence-electron chi connectivity index (χ3n) is 3.36. The Kier molecular flexibility index (Phi) is 4.79. The lowest BCUT2D eigenvalue weighted by molar-refractivity contribution is 0.0951. The molecule has 0 aliphatic carbocycles. The van der Waals surface area contributed by atoms with Crippen molar-refractivity contribution in [1.29, 1.82) is 0 Å². The number of hydrogen-bond acceptors (Lipinski definition) is 2. The fraction of sp³-hybridized carbons (Fsp3) is 0.0588. The van der Waals surface area contributed by atoms with Crippen LogP contribution in [-0.2, 0) is 6.54 Å². The zero-order chi connectivity index (χ0) is 16.2. The third-order valence-corrected chi connectivity index (χ3v) is 4.10. The van der Waals surface area contributed by atoms with Gasteiger partial charge in [0.1, 0.15) is 0 Å². The van der Waals surface area contributed by atoms with E-state index in [0.717, 1.165) is 15.6 Å². The van der Waals surface area contributed by atoms with E-state index in [4.69, 9.17) is 11.6 Å². The maximum atomic E-state index is 12.4. The first-order valence-corrected chi connectivity index (χ1v) is 8.12. The van der Waals surface area contributed by atoms with Gasteiger partial charge in [0, 0.05) is 21.6 Å². The Morgan fingerprint density at radius 1 is 1.22 bits per heavy atom. The summed E-state index contributed by atoms with van der Waals surface area (Å²) in [7, 11) is 0. The molecule has 1 amide bonds. The first-order chi connectivity index (χ1) is 11.1. The summed E-state index contributed by atoms with van der Waals surface area (Å²) in [5.74, 6) is -0.177. The van der Waals surface area contributed by atoms with Crippen molar-refractivity contribution in [3.05, 3.63) is 75.4 Å². The van der Waals surface area contributed by atoms with Crippen molar-refractivity contribution in [3.63, 3.8) is 0 Å². The van der Waals surface area contributed by atoms with Crippen molar-refractivity contribution in [2.45, 2.75) is 6.54 Å². The van der Waals surface area contributed by atoms with Crippen LogP contribution < -0.4 is 5.32 Å². The van der Waals surface area contributed by atoms with Crippen molar-refractivity contribution in [1.82, 2.24) is 15.5 Å². The van der Waals surface area contributed by atoms with Gasteiger partial charge in [0.05, 0.1) is 17.5 Å². The molecule has 0 saturated heterocycles. The summed E-state index contributed by atoms with van der Waals surface area (Å²) in [6.07, 6.45) is 1.53. The second kappa shape index (κ2) is 6.98. The van der Waals surface area contributed by atoms with E-state index >= 15 is 0 Å². The first-order valence-electron chi connectivity index (χ1n) is 6.95. The number of nitrogens with one attached hydrogen (secondary N) is 2. The van der Waals surface area contributed by atoms with Crippen molar-refractivity contribution >= 4 is 33.4 Å². The van der Waals surface area contributed by atoms with Crippen LogP contribution in [0, 0.1) is 0 Å². The zero-order valence-corrected chi connectivity index (χ0v) is 14.4. The van der Waals surface area contributed by atoms with E-state index < -0.39 is 0 Å². The molecule has 23 heavy (non-hydrogen) atoms. The Balaban J connectivity index is 1.76. The molecular weight excluding hydrogens is 378 g/mol. The fourth-order valence-corrected chi connectivity index (χ4v) is 2.79. The van der Waals surface area contributed by atoms with E-state index in [1.54, 1.807) is 12.1 Å². The number of carbonyl (C=O) groups is 1. The van der Waals surface area contributed by atoms with Gasteiger partial charge < -0.3 is 5.32 Å². The summed E-state index contributed by atoms with van der Waals surface area (Å²) in [5, 5.41) is 10.4. The maximum absolute atomic E-state index is 12.4. The van der Waals surface area contributed by atoms with E-state index in [1.165, 1.54) is 6.20 Å². The molecule has 1 heterocycles. The van der Waals surface area contributed by atoms with Gasteiger partial charge in [-0.25, -0.2) is 0 Å². The number of carbonyl (C=O) groups excluding carboxylic acids is 1. The molecule has 6 heteroatoms. The highest BCUT2D eigenvalue weighted by molar-refractivity contribution is 9.10. The average Bonchev–Trinajstić information content (AvgIpc) is 3.03. The first kappa shape index (κ1) is 15.8. The molecule has 0 fully saturated rings. The quantitative estimate of drug-likeness (QED) is 0.692. The van der Waals surface area contributed by atoms with Crippen molar-refractivity contribution in [2.75, 3.05) is 0 Å². The molecule has 116 valence electrons. The Morgan fingerprint density at radius 3 is 2.74 bits per heavy atom. The smallest absolute Gasteiger partial charge is 0.255 e. The number of benzene rings is 2. The standard InChI is InChI=1S/C17H13BrClN3O/c18-13-3-1-2-11(8-13)9-20-17(23)15-10-21-22-16(15)12-4-6-14(19)7-5-12/h1-8,10H,9H2,(H,20,23)(H,21,22). The highest BCUT2D eigenvalue weighted by Crippen LogP contribution is 2.23. The predicted molar refractivity (Wildman–Crippen MR) is 94.3 cm³/mol. The fourth-order valence-electron chi connectivity index (χ4n) is 2.22. The predicted octanol–water partition coefficient (Wildman–Crippen LogP) is 4.42. The highest BCUT2D eigenvalue weighted by atomic mass is 79.9. The second-order valence-electron chi connectivity index (χ2n) is 4.98. The number of nitrogens with zero attached hydrogens (tertiary/aromatic N) is 1. The molecule has 0 radical (unpaired) electrons. The summed E-state index contributed by atoms with van der Waals surface area (Å²) in [6.45, 7) is 0.448. The van der Waals surface area contributed by atoms with Crippen molar-refractivity contribution in [2.24, 2.45) is 0 Å². The third kappa shape index (κ3) is 3.81. The van der Waals surface area contributed by atoms with Gasteiger partial charge in [0.25, 0.3) is 5.91 Å². The molecule has 3 rings (SSSR count). The van der Waals surface area contributed by atoms with Gasteiger partial charge in [0.2, 0.25) is 0 Å². The van der Waals surface area contributed by atoms with E-state index in [-0.39, 0.29) is 5.91 Å². The average molecular weight is 391 g/mol. The molecule has 2 aromatic carbocycles. The van der Waals surface area contributed by atoms with Gasteiger partial charge in [-0.05, 0) is 29.8 Å². The summed E-state index contributed by atoms with van der Waals surface area (Å²) in [5.41, 5.74) is 3.06. The minimum Gasteiger partial charge on any atom is -0.348 e. The van der Waals surface area contributed by atoms with Crippen LogP contribution in [0.5, 0.6) is 0 Å². The Labute approximate surface area is 147 Å². The van der Waals surface area contributed by atoms with Crippen LogP contribution in [0.2, 0.25) is 5.02 Å². The summed E-state index contributed by atoms with van der Waals surface area (Å²) < 4.78 is 0.981. The number of hydrogen-bond donors (Lipinski definition) is 2. The molecule has 0 spiro atoms. The molecule has 0 unspecified atom stereocenters. The molecule has 4 nitrogen and oxygen atoms in total. The molecular formula is C17H13BrClN3O. The SMILES string of the molecule is O=C(NCc1cccc(Br)c1)c1cn[nH]c1-c1ccc(Cl)cc1. The Hall–Kier alpha value is -2.11. The van der Waals surface area contributed by atoms with Gasteiger partial charge in [0.15, 0.2) is 0 Å². The number of H-pyrrole nitrogens is 1. The van der Waals surface area contributed by atoms with Crippen LogP contribution in [-0.4, -0.2) is 16.1 Å². The van der Waals surface area contributed by atoms with Crippen LogP contribution in [0.1, 0.15) is 15.9 Å². The Bertz CT molecular complexity index is 830. The number of halogens is 2. The van der Waals surface area contributed by atoms with Crippen LogP contribution in [0.15, 0.2) is 59.2 Å². The Morgan fingerprint density at radius 2 is 2.00 bits per heavy atom. The second-order valence-corrected chi connectivity index (χ2v) is 6.33. The van der Waals surface area contributed by atoms with E-state index in [1.807, 2.05) is 36.4 Å². The van der Waals surface area contributed by atoms with Gasteiger partial charge in [-0.3, -0.25) is 9.89 Å². The number of rotatable bonds is 4. The van der Waals surface area contributed by atoms with Crippen molar-refractivity contribution in [3.8, 4) is 11.3 Å². The summed E-state index contributed by atoms with van der Waals surface area (Å²) in [4.78, 5) is 12.4. The monoisotopic (exact) mass is 389 g/mol. The highest BCUT2D eigenvalue weighted by Gasteiger charge is 2.15. The molecule has 2 N–H and O–H groups in total. The molecule has 0 saturated carbocycles. The van der Waals surface area contributed by atoms with Crippen LogP contribution in [0.3, 0.4) is 0 Å². The number of amides is 1. The molecule has 0 atom stereocenters. The van der Waals surface area contributed by atoms with E-state index in [9.17, 15) is 4.79 Å². The molecule has 1 aromatic heterocycles. The lowest BCUT2D eigenvalue weighted by atomic mass is 10.1. The molecule has 0 aliphatic heterocycles. The number of aromatic amines is 1. The van der Waals surface area contributed by atoms with Gasteiger partial charge in [-0.1, -0.05) is 51.8 Å². The van der Waals surface area contributed by atoms with Gasteiger partial charge >= 0.3 is 0 Å². The van der Waals surface area contributed by atoms with Crippen LogP contribution in [0.25, 0.3) is 11.3 Å². The van der Waals surface area contributed by atoms with E-state index in [0.29, 0.717) is 22.8 Å². The lowest BCUT2D eigenvalue weighted by Crippen LogP contribution is -2.22. The molecule has 0 aliphatic rings. The summed E-state index contributed by atoms with van der Waals surface area (Å²) >= 11 is 9.31. The largest absolute Gasteiger partial charge is 0.348 e. The van der Waals surface area contributed by atoms with Crippen LogP contribution >= 0.6 is 27.5 Å². The minimum absolute atomic E-state index is 0.177. The zero-order valence-electron chi connectivity index (χ0n) is 12.0. The van der Waals surface area contributed by atoms with Crippen LogP contribution in [0.4, 0.5) is 0 Å². The molecule has 3 aromatic rings. The lowest BCUT2D eigenvalue weighted by Gasteiger charge is -2.07. The number of aromatic nitrogens is 2. The summed E-state index contributed by atoms with van der Waals surface area (Å²) in [6, 6.07) is 15.1.